The molecule has 2 aromatic carbocycles. The van der Waals surface area contributed by atoms with Gasteiger partial charge in [0.05, 0.1) is 11.5 Å². The van der Waals surface area contributed by atoms with Crippen molar-refractivity contribution in [1.29, 1.82) is 0 Å². The van der Waals surface area contributed by atoms with Gasteiger partial charge in [0.15, 0.2) is 5.78 Å². The van der Waals surface area contributed by atoms with Crippen molar-refractivity contribution in [3.63, 3.8) is 0 Å². The molecule has 138 valence electrons. The molecule has 1 heterocycles. The predicted octanol–water partition coefficient (Wildman–Crippen LogP) is 2.85. The summed E-state index contributed by atoms with van der Waals surface area (Å²) in [6.45, 7) is 1.05. The Morgan fingerprint density at radius 1 is 1.22 bits per heavy atom. The molecule has 1 aliphatic heterocycles. The van der Waals surface area contributed by atoms with Crippen LogP contribution in [0.5, 0.6) is 0 Å². The molecule has 8 nitrogen and oxygen atoms in total. The SMILES string of the molecule is CC1(c2cccc([N+](=O)[O-])c2)NC(=O)N(CC(=O)c2ccc(I)cc2)C1=O. The number of Topliss-reactive ketones (excluding diaryl/α,β-unsaturated/α-hetero) is 1. The quantitative estimate of drug-likeness (QED) is 0.233. The van der Waals surface area contributed by atoms with Crippen molar-refractivity contribution in [1.82, 2.24) is 10.2 Å². The number of halogens is 1. The number of nitrogens with one attached hydrogen (secondary N) is 1. The van der Waals surface area contributed by atoms with Gasteiger partial charge in [-0.3, -0.25) is 24.6 Å². The lowest BCUT2D eigenvalue weighted by atomic mass is 9.91. The maximum absolute atomic E-state index is 12.9. The Labute approximate surface area is 167 Å². The number of hydrogen-bond donors (Lipinski definition) is 1. The van der Waals surface area contributed by atoms with E-state index in [0.717, 1.165) is 8.47 Å². The number of nitro benzene ring substituents is 1. The molecular weight excluding hydrogens is 465 g/mol. The fraction of sp³-hybridized carbons (Fsp3) is 0.167. The van der Waals surface area contributed by atoms with Crippen LogP contribution in [-0.4, -0.2) is 34.1 Å². The number of nitro groups is 1. The number of ketones is 1. The Balaban J connectivity index is 1.86. The van der Waals surface area contributed by atoms with Gasteiger partial charge in [-0.1, -0.05) is 24.3 Å². The number of rotatable bonds is 5. The molecule has 1 aliphatic rings. The number of carbonyl (C=O) groups excluding carboxylic acids is 3. The molecule has 1 saturated heterocycles. The van der Waals surface area contributed by atoms with Gasteiger partial charge in [-0.05, 0) is 47.2 Å². The van der Waals surface area contributed by atoms with Crippen molar-refractivity contribution in [3.8, 4) is 0 Å². The minimum Gasteiger partial charge on any atom is -0.319 e. The molecule has 9 heteroatoms. The van der Waals surface area contributed by atoms with Crippen LogP contribution < -0.4 is 5.32 Å². The third kappa shape index (κ3) is 3.54. The molecule has 0 aliphatic carbocycles. The van der Waals surface area contributed by atoms with Gasteiger partial charge in [0.1, 0.15) is 5.54 Å². The Bertz CT molecular complexity index is 960. The van der Waals surface area contributed by atoms with E-state index in [-0.39, 0.29) is 17.0 Å². The largest absolute Gasteiger partial charge is 0.325 e. The van der Waals surface area contributed by atoms with E-state index >= 15 is 0 Å². The van der Waals surface area contributed by atoms with E-state index < -0.39 is 28.9 Å². The van der Waals surface area contributed by atoms with E-state index in [0.29, 0.717) is 5.56 Å². The van der Waals surface area contributed by atoms with Crippen LogP contribution >= 0.6 is 22.6 Å². The van der Waals surface area contributed by atoms with Crippen LogP contribution in [0.4, 0.5) is 10.5 Å². The molecule has 1 fully saturated rings. The maximum Gasteiger partial charge on any atom is 0.325 e. The predicted molar refractivity (Wildman–Crippen MR) is 104 cm³/mol. The Hall–Kier alpha value is -2.82. The molecule has 0 aromatic heterocycles. The summed E-state index contributed by atoms with van der Waals surface area (Å²) in [5, 5.41) is 13.5. The number of imide groups is 1. The summed E-state index contributed by atoms with van der Waals surface area (Å²) in [4.78, 5) is 48.8. The molecule has 1 atom stereocenters. The van der Waals surface area contributed by atoms with Gasteiger partial charge in [-0.2, -0.15) is 0 Å². The summed E-state index contributed by atoms with van der Waals surface area (Å²) in [7, 11) is 0. The lowest BCUT2D eigenvalue weighted by molar-refractivity contribution is -0.385. The summed E-state index contributed by atoms with van der Waals surface area (Å²) in [5.41, 5.74) is -1.00. The standard InChI is InChI=1S/C18H14IN3O5/c1-18(12-3-2-4-14(9-12)22(26)27)16(24)21(17(25)20-18)10-15(23)11-5-7-13(19)8-6-11/h2-9H,10H2,1H3,(H,20,25). The van der Waals surface area contributed by atoms with E-state index in [1.165, 1.54) is 31.2 Å². The molecule has 3 rings (SSSR count). The highest BCUT2D eigenvalue weighted by atomic mass is 127. The average molecular weight is 479 g/mol. The Kier molecular flexibility index (Phi) is 4.96. The van der Waals surface area contributed by atoms with Crippen molar-refractivity contribution in [2.45, 2.75) is 12.5 Å². The maximum atomic E-state index is 12.9. The highest BCUT2D eigenvalue weighted by Gasteiger charge is 2.49. The van der Waals surface area contributed by atoms with E-state index in [2.05, 4.69) is 27.9 Å². The summed E-state index contributed by atoms with van der Waals surface area (Å²) in [6.07, 6.45) is 0. The van der Waals surface area contributed by atoms with Crippen LogP contribution in [0.25, 0.3) is 0 Å². The van der Waals surface area contributed by atoms with Crippen molar-refractivity contribution in [2.75, 3.05) is 6.54 Å². The second kappa shape index (κ2) is 7.06. The highest BCUT2D eigenvalue weighted by Crippen LogP contribution is 2.31. The van der Waals surface area contributed by atoms with Crippen molar-refractivity contribution in [2.24, 2.45) is 0 Å². The molecule has 0 radical (unpaired) electrons. The van der Waals surface area contributed by atoms with E-state index in [9.17, 15) is 24.5 Å². The fourth-order valence-electron chi connectivity index (χ4n) is 2.84. The van der Waals surface area contributed by atoms with Crippen molar-refractivity contribution < 1.29 is 19.3 Å². The number of urea groups is 1. The Morgan fingerprint density at radius 2 is 1.89 bits per heavy atom. The summed E-state index contributed by atoms with van der Waals surface area (Å²) in [5.74, 6) is -1.01. The average Bonchev–Trinajstić information content (AvgIpc) is 2.86. The normalized spacial score (nSPS) is 19.1. The van der Waals surface area contributed by atoms with Gasteiger partial charge in [-0.25, -0.2) is 4.79 Å². The Morgan fingerprint density at radius 3 is 2.52 bits per heavy atom. The molecular formula is C18H14IN3O5. The molecule has 1 N–H and O–H groups in total. The first kappa shape index (κ1) is 19.0. The van der Waals surface area contributed by atoms with Crippen LogP contribution in [0.3, 0.4) is 0 Å². The first-order valence-electron chi connectivity index (χ1n) is 7.90. The molecule has 0 saturated carbocycles. The lowest BCUT2D eigenvalue weighted by Crippen LogP contribution is -2.41. The number of non-ortho nitro benzene ring substituents is 1. The third-order valence-electron chi connectivity index (χ3n) is 4.38. The van der Waals surface area contributed by atoms with E-state index in [1.807, 2.05) is 0 Å². The molecule has 0 spiro atoms. The third-order valence-corrected chi connectivity index (χ3v) is 5.10. The molecule has 27 heavy (non-hydrogen) atoms. The molecule has 1 unspecified atom stereocenters. The zero-order valence-electron chi connectivity index (χ0n) is 14.1. The van der Waals surface area contributed by atoms with Crippen LogP contribution in [0, 0.1) is 13.7 Å². The highest BCUT2D eigenvalue weighted by molar-refractivity contribution is 14.1. The zero-order valence-corrected chi connectivity index (χ0v) is 16.3. The summed E-state index contributed by atoms with van der Waals surface area (Å²) in [6, 6.07) is 11.6. The van der Waals surface area contributed by atoms with Crippen molar-refractivity contribution in [3.05, 3.63) is 73.3 Å². The van der Waals surface area contributed by atoms with Crippen LogP contribution in [-0.2, 0) is 10.3 Å². The van der Waals surface area contributed by atoms with E-state index in [4.69, 9.17) is 0 Å². The van der Waals surface area contributed by atoms with Crippen LogP contribution in [0.15, 0.2) is 48.5 Å². The minimum absolute atomic E-state index is 0.191. The summed E-state index contributed by atoms with van der Waals surface area (Å²) >= 11 is 2.11. The van der Waals surface area contributed by atoms with Crippen molar-refractivity contribution >= 4 is 46.0 Å². The summed E-state index contributed by atoms with van der Waals surface area (Å²) < 4.78 is 0.956. The number of amides is 3. The van der Waals surface area contributed by atoms with Gasteiger partial charge >= 0.3 is 6.03 Å². The van der Waals surface area contributed by atoms with Crippen LogP contribution in [0.2, 0.25) is 0 Å². The smallest absolute Gasteiger partial charge is 0.319 e. The zero-order chi connectivity index (χ0) is 19.8. The number of carbonyl (C=O) groups is 3. The second-order valence-electron chi connectivity index (χ2n) is 6.18. The van der Waals surface area contributed by atoms with Gasteiger partial charge in [-0.15, -0.1) is 0 Å². The first-order valence-corrected chi connectivity index (χ1v) is 8.98. The van der Waals surface area contributed by atoms with Gasteiger partial charge in [0.2, 0.25) is 0 Å². The molecule has 0 bridgehead atoms. The topological polar surface area (TPSA) is 110 Å². The number of nitrogens with zero attached hydrogens (tertiary/aromatic N) is 2. The molecule has 3 amide bonds. The lowest BCUT2D eigenvalue weighted by Gasteiger charge is -2.21. The van der Waals surface area contributed by atoms with Gasteiger partial charge in [0.25, 0.3) is 11.6 Å². The second-order valence-corrected chi connectivity index (χ2v) is 7.43. The monoisotopic (exact) mass is 479 g/mol. The van der Waals surface area contributed by atoms with Gasteiger partial charge < -0.3 is 5.32 Å². The van der Waals surface area contributed by atoms with Gasteiger partial charge in [0, 0.05) is 21.3 Å². The first-order chi connectivity index (χ1) is 12.7. The molecule has 2 aromatic rings. The van der Waals surface area contributed by atoms with E-state index in [1.54, 1.807) is 24.3 Å². The minimum atomic E-state index is -1.48. The number of benzene rings is 2. The van der Waals surface area contributed by atoms with Crippen LogP contribution in [0.1, 0.15) is 22.8 Å². The number of hydrogen-bond acceptors (Lipinski definition) is 5. The fourth-order valence-corrected chi connectivity index (χ4v) is 3.20.